The first kappa shape index (κ1) is 19.4. The Morgan fingerprint density at radius 3 is 2.32 bits per heavy atom. The molecule has 138 valence electrons. The Hall–Kier alpha value is -1.88. The summed E-state index contributed by atoms with van der Waals surface area (Å²) in [6.07, 6.45) is 10.9. The molecule has 25 heavy (non-hydrogen) atoms. The van der Waals surface area contributed by atoms with Crippen molar-refractivity contribution in [3.63, 3.8) is 0 Å². The van der Waals surface area contributed by atoms with E-state index in [1.54, 1.807) is 0 Å². The topological polar surface area (TPSA) is 81.1 Å². The Balaban J connectivity index is 1.79. The lowest BCUT2D eigenvalue weighted by Gasteiger charge is -2.08. The van der Waals surface area contributed by atoms with Crippen LogP contribution < -0.4 is 5.73 Å². The quantitative estimate of drug-likeness (QED) is 0.535. The van der Waals surface area contributed by atoms with E-state index in [4.69, 9.17) is 15.8 Å². The Morgan fingerprint density at radius 1 is 1.00 bits per heavy atom. The van der Waals surface area contributed by atoms with Crippen molar-refractivity contribution in [1.82, 2.24) is 9.55 Å². The summed E-state index contributed by atoms with van der Waals surface area (Å²) in [6, 6.07) is 7.98. The number of aromatic nitrogens is 2. The molecule has 1 aromatic carbocycles. The molecule has 0 saturated heterocycles. The van der Waals surface area contributed by atoms with Gasteiger partial charge >= 0.3 is 5.97 Å². The third kappa shape index (κ3) is 6.50. The summed E-state index contributed by atoms with van der Waals surface area (Å²) in [5.41, 5.74) is 7.50. The minimum Gasteiger partial charge on any atom is -0.481 e. The van der Waals surface area contributed by atoms with Crippen LogP contribution in [0, 0.1) is 0 Å². The van der Waals surface area contributed by atoms with Crippen molar-refractivity contribution >= 4 is 17.0 Å². The van der Waals surface area contributed by atoms with Crippen molar-refractivity contribution in [1.29, 1.82) is 0 Å². The highest BCUT2D eigenvalue weighted by molar-refractivity contribution is 5.76. The number of carbonyl (C=O) groups is 1. The standard InChI is InChI=1S/C20H31N3O2/c21-15-10-6-4-2-1-3-5-7-13-19-22-17-11-8-9-12-18(17)23(19)16-14-20(24)25/h8-9,11-12H,1-7,10,13-16,21H2,(H,24,25). The molecule has 5 nitrogen and oxygen atoms in total. The minimum atomic E-state index is -0.765. The minimum absolute atomic E-state index is 0.135. The Labute approximate surface area is 150 Å². The van der Waals surface area contributed by atoms with Gasteiger partial charge in [0, 0.05) is 13.0 Å². The number of rotatable bonds is 13. The molecule has 0 unspecified atom stereocenters. The van der Waals surface area contributed by atoms with Crippen LogP contribution in [0.15, 0.2) is 24.3 Å². The lowest BCUT2D eigenvalue weighted by Crippen LogP contribution is -2.08. The average Bonchev–Trinajstić information content (AvgIpc) is 2.96. The predicted octanol–water partition coefficient (Wildman–Crippen LogP) is 4.13. The van der Waals surface area contributed by atoms with E-state index in [1.807, 2.05) is 24.3 Å². The van der Waals surface area contributed by atoms with Gasteiger partial charge in [0.25, 0.3) is 0 Å². The molecule has 0 atom stereocenters. The van der Waals surface area contributed by atoms with Crippen molar-refractivity contribution in [2.45, 2.75) is 70.8 Å². The van der Waals surface area contributed by atoms with Crippen molar-refractivity contribution in [3.05, 3.63) is 30.1 Å². The lowest BCUT2D eigenvalue weighted by molar-refractivity contribution is -0.137. The van der Waals surface area contributed by atoms with Gasteiger partial charge in [0.2, 0.25) is 0 Å². The first-order chi connectivity index (χ1) is 12.2. The Bertz CT molecular complexity index is 651. The summed E-state index contributed by atoms with van der Waals surface area (Å²) in [5.74, 6) is 0.253. The van der Waals surface area contributed by atoms with Gasteiger partial charge in [-0.15, -0.1) is 0 Å². The van der Waals surface area contributed by atoms with Crippen LogP contribution >= 0.6 is 0 Å². The van der Waals surface area contributed by atoms with Crippen LogP contribution in [-0.2, 0) is 17.8 Å². The van der Waals surface area contributed by atoms with Gasteiger partial charge in [0.05, 0.1) is 17.5 Å². The predicted molar refractivity (Wildman–Crippen MR) is 102 cm³/mol. The molecular weight excluding hydrogens is 314 g/mol. The van der Waals surface area contributed by atoms with Gasteiger partial charge in [-0.05, 0) is 31.5 Å². The Morgan fingerprint density at radius 2 is 1.64 bits per heavy atom. The summed E-state index contributed by atoms with van der Waals surface area (Å²) in [5, 5.41) is 8.99. The first-order valence-corrected chi connectivity index (χ1v) is 9.58. The van der Waals surface area contributed by atoms with Gasteiger partial charge in [-0.2, -0.15) is 0 Å². The highest BCUT2D eigenvalue weighted by Gasteiger charge is 2.11. The van der Waals surface area contributed by atoms with Gasteiger partial charge < -0.3 is 15.4 Å². The fourth-order valence-electron chi connectivity index (χ4n) is 3.26. The van der Waals surface area contributed by atoms with Crippen LogP contribution in [0.5, 0.6) is 0 Å². The van der Waals surface area contributed by atoms with Crippen molar-refractivity contribution in [3.8, 4) is 0 Å². The smallest absolute Gasteiger partial charge is 0.305 e. The summed E-state index contributed by atoms with van der Waals surface area (Å²) in [4.78, 5) is 15.6. The molecular formula is C20H31N3O2. The number of benzene rings is 1. The number of aryl methyl sites for hydroxylation is 2. The third-order valence-corrected chi connectivity index (χ3v) is 4.64. The average molecular weight is 345 g/mol. The van der Waals surface area contributed by atoms with E-state index in [-0.39, 0.29) is 6.42 Å². The monoisotopic (exact) mass is 345 g/mol. The second kappa shape index (κ2) is 10.9. The maximum absolute atomic E-state index is 10.9. The van der Waals surface area contributed by atoms with Crippen molar-refractivity contribution in [2.24, 2.45) is 5.73 Å². The molecule has 0 aliphatic carbocycles. The summed E-state index contributed by atoms with van der Waals surface area (Å²) >= 11 is 0. The number of hydrogen-bond acceptors (Lipinski definition) is 3. The normalized spacial score (nSPS) is 11.2. The molecule has 0 saturated carbocycles. The third-order valence-electron chi connectivity index (χ3n) is 4.64. The fourth-order valence-corrected chi connectivity index (χ4v) is 3.26. The van der Waals surface area contributed by atoms with Crippen molar-refractivity contribution < 1.29 is 9.90 Å². The number of aliphatic carboxylic acids is 1. The van der Waals surface area contributed by atoms with Crippen LogP contribution in [0.3, 0.4) is 0 Å². The highest BCUT2D eigenvalue weighted by atomic mass is 16.4. The number of carboxylic acids is 1. The van der Waals surface area contributed by atoms with Crippen LogP contribution in [0.2, 0.25) is 0 Å². The molecule has 5 heteroatoms. The molecule has 2 rings (SSSR count). The van der Waals surface area contributed by atoms with Crippen LogP contribution in [0.4, 0.5) is 0 Å². The largest absolute Gasteiger partial charge is 0.481 e. The molecule has 0 bridgehead atoms. The fraction of sp³-hybridized carbons (Fsp3) is 0.600. The molecule has 0 spiro atoms. The van der Waals surface area contributed by atoms with Gasteiger partial charge in [0.15, 0.2) is 0 Å². The summed E-state index contributed by atoms with van der Waals surface area (Å²) in [6.45, 7) is 1.30. The van der Waals surface area contributed by atoms with Gasteiger partial charge in [-0.1, -0.05) is 50.7 Å². The number of fused-ring (bicyclic) bond motifs is 1. The summed E-state index contributed by atoms with van der Waals surface area (Å²) in [7, 11) is 0. The molecule has 1 heterocycles. The van der Waals surface area contributed by atoms with E-state index in [0.717, 1.165) is 42.7 Å². The van der Waals surface area contributed by atoms with Crippen molar-refractivity contribution in [2.75, 3.05) is 6.54 Å². The number of hydrogen-bond donors (Lipinski definition) is 2. The molecule has 0 aliphatic heterocycles. The molecule has 3 N–H and O–H groups in total. The lowest BCUT2D eigenvalue weighted by atomic mass is 10.1. The van der Waals surface area contributed by atoms with E-state index < -0.39 is 5.97 Å². The number of nitrogens with zero attached hydrogens (tertiary/aromatic N) is 2. The first-order valence-electron chi connectivity index (χ1n) is 9.58. The zero-order chi connectivity index (χ0) is 17.9. The van der Waals surface area contributed by atoms with E-state index in [1.165, 1.54) is 38.5 Å². The van der Waals surface area contributed by atoms with Crippen LogP contribution in [0.25, 0.3) is 11.0 Å². The van der Waals surface area contributed by atoms with E-state index >= 15 is 0 Å². The molecule has 0 fully saturated rings. The zero-order valence-corrected chi connectivity index (χ0v) is 15.1. The van der Waals surface area contributed by atoms with Gasteiger partial charge in [-0.25, -0.2) is 4.98 Å². The number of nitrogens with two attached hydrogens (primary N) is 1. The van der Waals surface area contributed by atoms with Gasteiger partial charge in [-0.3, -0.25) is 4.79 Å². The molecule has 0 radical (unpaired) electrons. The maximum Gasteiger partial charge on any atom is 0.305 e. The van der Waals surface area contributed by atoms with Crippen LogP contribution in [-0.4, -0.2) is 27.2 Å². The van der Waals surface area contributed by atoms with E-state index in [0.29, 0.717) is 6.54 Å². The van der Waals surface area contributed by atoms with E-state index in [9.17, 15) is 4.79 Å². The molecule has 0 amide bonds. The van der Waals surface area contributed by atoms with E-state index in [2.05, 4.69) is 4.57 Å². The number of para-hydroxylation sites is 2. The molecule has 0 aliphatic rings. The van der Waals surface area contributed by atoms with Crippen LogP contribution in [0.1, 0.15) is 63.6 Å². The molecule has 1 aromatic heterocycles. The SMILES string of the molecule is NCCCCCCCCCCc1nc2ccccc2n1CCC(=O)O. The molecule has 2 aromatic rings. The highest BCUT2D eigenvalue weighted by Crippen LogP contribution is 2.19. The maximum atomic E-state index is 10.9. The Kier molecular flexibility index (Phi) is 8.46. The number of carboxylic acid groups (broad SMARTS) is 1. The number of unbranched alkanes of at least 4 members (excludes halogenated alkanes) is 7. The van der Waals surface area contributed by atoms with Gasteiger partial charge in [0.1, 0.15) is 5.82 Å². The number of imidazole rings is 1. The zero-order valence-electron chi connectivity index (χ0n) is 15.1. The summed E-state index contributed by atoms with van der Waals surface area (Å²) < 4.78 is 2.08. The second-order valence-corrected chi connectivity index (χ2v) is 6.68. The second-order valence-electron chi connectivity index (χ2n) is 6.68.